The maximum Gasteiger partial charge on any atom is 0.271 e. The first-order chi connectivity index (χ1) is 16.9. The number of nitro benzene ring substituents is 1. The zero-order valence-electron chi connectivity index (χ0n) is 20.4. The Balaban J connectivity index is 2.54. The molecule has 0 bridgehead atoms. The smallest absolute Gasteiger partial charge is 0.271 e. The minimum absolute atomic E-state index is 0.00924. The molecule has 0 heterocycles. The molecule has 11 nitrogen and oxygen atoms in total. The molecule has 0 saturated carbocycles. The lowest BCUT2D eigenvalue weighted by atomic mass is 10.1. The van der Waals surface area contributed by atoms with Crippen molar-refractivity contribution in [2.45, 2.75) is 32.9 Å². The summed E-state index contributed by atoms with van der Waals surface area (Å²) in [5, 5.41) is 14.5. The summed E-state index contributed by atoms with van der Waals surface area (Å²) in [7, 11) is -2.82. The van der Waals surface area contributed by atoms with E-state index in [1.54, 1.807) is 38.1 Å². The number of carbonyl (C=O) groups is 2. The molecule has 2 aromatic carbocycles. The van der Waals surface area contributed by atoms with Gasteiger partial charge < -0.3 is 15.0 Å². The number of benzene rings is 2. The summed E-state index contributed by atoms with van der Waals surface area (Å²) in [6.07, 6.45) is 1.15. The van der Waals surface area contributed by atoms with Gasteiger partial charge in [-0.25, -0.2) is 8.42 Å². The third kappa shape index (κ3) is 7.31. The summed E-state index contributed by atoms with van der Waals surface area (Å²) in [5.41, 5.74) is 0.132. The number of nitrogens with one attached hydrogen (secondary N) is 1. The molecule has 0 fully saturated rings. The Bertz CT molecular complexity index is 1210. The molecule has 0 aliphatic heterocycles. The maximum atomic E-state index is 13.6. The number of hydrogen-bond acceptors (Lipinski definition) is 7. The zero-order chi connectivity index (χ0) is 27.0. The minimum Gasteiger partial charge on any atom is -0.495 e. The van der Waals surface area contributed by atoms with Gasteiger partial charge in [0.2, 0.25) is 21.8 Å². The quantitative estimate of drug-likeness (QED) is 0.322. The molecule has 0 saturated heterocycles. The van der Waals surface area contributed by atoms with E-state index in [4.69, 9.17) is 16.3 Å². The number of nitrogens with zero attached hydrogens (tertiary/aromatic N) is 3. The summed E-state index contributed by atoms with van der Waals surface area (Å²) in [6.45, 7) is 3.13. The number of sulfonamides is 1. The molecule has 13 heteroatoms. The molecule has 0 aliphatic rings. The van der Waals surface area contributed by atoms with Gasteiger partial charge in [0.05, 0.1) is 18.3 Å². The van der Waals surface area contributed by atoms with Crippen molar-refractivity contribution in [1.29, 1.82) is 0 Å². The lowest BCUT2D eigenvalue weighted by Gasteiger charge is -2.33. The van der Waals surface area contributed by atoms with Crippen LogP contribution in [0.25, 0.3) is 0 Å². The lowest BCUT2D eigenvalue weighted by Crippen LogP contribution is -2.52. The van der Waals surface area contributed by atoms with Crippen LogP contribution in [-0.4, -0.2) is 62.6 Å². The Morgan fingerprint density at radius 1 is 1.17 bits per heavy atom. The van der Waals surface area contributed by atoms with E-state index in [0.29, 0.717) is 17.1 Å². The van der Waals surface area contributed by atoms with Crippen molar-refractivity contribution < 1.29 is 27.7 Å². The molecule has 0 radical (unpaired) electrons. The molecule has 0 spiro atoms. The number of amides is 2. The highest BCUT2D eigenvalue weighted by Crippen LogP contribution is 2.34. The SMILES string of the molecule is CCNC(=O)C(CC)N(Cc1ccc(Cl)cc1)C(=O)CN(c1cc([N+](=O)[O-])ccc1OC)S(C)(=O)=O. The fourth-order valence-electron chi connectivity index (χ4n) is 3.58. The Labute approximate surface area is 215 Å². The predicted molar refractivity (Wildman–Crippen MR) is 137 cm³/mol. The molecular formula is C23H29ClN4O7S. The normalized spacial score (nSPS) is 11.9. The predicted octanol–water partition coefficient (Wildman–Crippen LogP) is 2.97. The highest BCUT2D eigenvalue weighted by molar-refractivity contribution is 7.92. The van der Waals surface area contributed by atoms with E-state index in [1.807, 2.05) is 0 Å². The molecule has 36 heavy (non-hydrogen) atoms. The van der Waals surface area contributed by atoms with E-state index in [-0.39, 0.29) is 36.0 Å². The fraction of sp³-hybridized carbons (Fsp3) is 0.391. The Morgan fingerprint density at radius 3 is 2.31 bits per heavy atom. The van der Waals surface area contributed by atoms with E-state index in [1.165, 1.54) is 24.1 Å². The van der Waals surface area contributed by atoms with Crippen molar-refractivity contribution in [3.05, 3.63) is 63.2 Å². The Morgan fingerprint density at radius 2 is 1.81 bits per heavy atom. The highest BCUT2D eigenvalue weighted by atomic mass is 35.5. The van der Waals surface area contributed by atoms with Gasteiger partial charge in [-0.2, -0.15) is 0 Å². The van der Waals surface area contributed by atoms with Crippen LogP contribution in [0.5, 0.6) is 5.75 Å². The van der Waals surface area contributed by atoms with Crippen LogP contribution >= 0.6 is 11.6 Å². The molecule has 1 N–H and O–H groups in total. The van der Waals surface area contributed by atoms with Crippen LogP contribution in [0.4, 0.5) is 11.4 Å². The lowest BCUT2D eigenvalue weighted by molar-refractivity contribution is -0.384. The first-order valence-electron chi connectivity index (χ1n) is 11.0. The number of anilines is 1. The maximum absolute atomic E-state index is 13.6. The van der Waals surface area contributed by atoms with Crippen molar-refractivity contribution in [2.75, 3.05) is 30.8 Å². The van der Waals surface area contributed by atoms with Crippen molar-refractivity contribution in [3.8, 4) is 5.75 Å². The average Bonchev–Trinajstić information content (AvgIpc) is 2.82. The number of nitro groups is 1. The van der Waals surface area contributed by atoms with Crippen LogP contribution in [0.15, 0.2) is 42.5 Å². The number of likely N-dealkylation sites (N-methyl/N-ethyl adjacent to an activating group) is 1. The van der Waals surface area contributed by atoms with E-state index in [2.05, 4.69) is 5.32 Å². The van der Waals surface area contributed by atoms with E-state index >= 15 is 0 Å². The van der Waals surface area contributed by atoms with Gasteiger partial charge in [-0.05, 0) is 37.1 Å². The monoisotopic (exact) mass is 540 g/mol. The third-order valence-electron chi connectivity index (χ3n) is 5.32. The zero-order valence-corrected chi connectivity index (χ0v) is 22.0. The van der Waals surface area contributed by atoms with Gasteiger partial charge in [0.1, 0.15) is 24.0 Å². The van der Waals surface area contributed by atoms with E-state index < -0.39 is 33.4 Å². The largest absolute Gasteiger partial charge is 0.495 e. The first-order valence-corrected chi connectivity index (χ1v) is 13.3. The minimum atomic E-state index is -4.10. The van der Waals surface area contributed by atoms with Crippen LogP contribution in [0.1, 0.15) is 25.8 Å². The Hall–Kier alpha value is -3.38. The van der Waals surface area contributed by atoms with Crippen molar-refractivity contribution in [3.63, 3.8) is 0 Å². The number of halogens is 1. The molecular weight excluding hydrogens is 512 g/mol. The van der Waals surface area contributed by atoms with Gasteiger partial charge in [-0.15, -0.1) is 0 Å². The third-order valence-corrected chi connectivity index (χ3v) is 6.70. The van der Waals surface area contributed by atoms with Crippen molar-refractivity contribution >= 4 is 44.8 Å². The average molecular weight is 541 g/mol. The van der Waals surface area contributed by atoms with E-state index in [9.17, 15) is 28.1 Å². The van der Waals surface area contributed by atoms with Gasteiger partial charge in [0.15, 0.2) is 0 Å². The van der Waals surface area contributed by atoms with Crippen LogP contribution in [0.2, 0.25) is 5.02 Å². The van der Waals surface area contributed by atoms with Gasteiger partial charge in [0.25, 0.3) is 5.69 Å². The fourth-order valence-corrected chi connectivity index (χ4v) is 4.55. The molecule has 1 atom stereocenters. The summed E-state index contributed by atoms with van der Waals surface area (Å²) in [5.74, 6) is -1.04. The molecule has 0 aromatic heterocycles. The molecule has 1 unspecified atom stereocenters. The van der Waals surface area contributed by atoms with Crippen molar-refractivity contribution in [2.24, 2.45) is 0 Å². The summed E-state index contributed by atoms with van der Waals surface area (Å²) in [6, 6.07) is 9.24. The van der Waals surface area contributed by atoms with Crippen LogP contribution in [0.3, 0.4) is 0 Å². The van der Waals surface area contributed by atoms with E-state index in [0.717, 1.165) is 16.6 Å². The number of ether oxygens (including phenoxy) is 1. The van der Waals surface area contributed by atoms with Crippen molar-refractivity contribution in [1.82, 2.24) is 10.2 Å². The second-order valence-electron chi connectivity index (χ2n) is 7.85. The number of non-ortho nitro benzene ring substituents is 1. The standard InChI is InChI=1S/C23H29ClN4O7S/c1-5-19(23(30)25-6-2)26(14-16-7-9-17(24)10-8-16)22(29)15-27(36(4,33)34)20-13-18(28(31)32)11-12-21(20)35-3/h7-13,19H,5-6,14-15H2,1-4H3,(H,25,30). The Kier molecular flexibility index (Phi) is 10.1. The van der Waals surface area contributed by atoms with Gasteiger partial charge in [0, 0.05) is 30.2 Å². The van der Waals surface area contributed by atoms with Gasteiger partial charge in [-0.1, -0.05) is 30.7 Å². The number of hydrogen-bond donors (Lipinski definition) is 1. The van der Waals surface area contributed by atoms with Crippen LogP contribution < -0.4 is 14.4 Å². The van der Waals surface area contributed by atoms with Crippen LogP contribution in [-0.2, 0) is 26.2 Å². The summed E-state index contributed by atoms with van der Waals surface area (Å²) in [4.78, 5) is 38.3. The van der Waals surface area contributed by atoms with Crippen LogP contribution in [0, 0.1) is 10.1 Å². The highest BCUT2D eigenvalue weighted by Gasteiger charge is 2.33. The number of carbonyl (C=O) groups excluding carboxylic acids is 2. The molecule has 2 rings (SSSR count). The molecule has 2 aromatic rings. The second-order valence-corrected chi connectivity index (χ2v) is 10.2. The number of methoxy groups -OCH3 is 1. The molecule has 2 amide bonds. The molecule has 196 valence electrons. The van der Waals surface area contributed by atoms with Gasteiger partial charge in [-0.3, -0.25) is 24.0 Å². The number of rotatable bonds is 12. The summed E-state index contributed by atoms with van der Waals surface area (Å²) >= 11 is 5.96. The molecule has 0 aliphatic carbocycles. The topological polar surface area (TPSA) is 139 Å². The first kappa shape index (κ1) is 28.9. The van der Waals surface area contributed by atoms with Gasteiger partial charge >= 0.3 is 0 Å². The second kappa shape index (κ2) is 12.5. The summed E-state index contributed by atoms with van der Waals surface area (Å²) < 4.78 is 31.4.